The quantitative estimate of drug-likeness (QED) is 0.906. The number of urea groups is 1. The molecule has 1 N–H and O–H groups in total. The highest BCUT2D eigenvalue weighted by Crippen LogP contribution is 2.32. The van der Waals surface area contributed by atoms with Crippen LogP contribution in [0.25, 0.3) is 0 Å². The van der Waals surface area contributed by atoms with Gasteiger partial charge in [0.15, 0.2) is 0 Å². The van der Waals surface area contributed by atoms with E-state index in [1.54, 1.807) is 10.9 Å². The summed E-state index contributed by atoms with van der Waals surface area (Å²) in [4.78, 5) is 14.0. The first-order chi connectivity index (χ1) is 9.60. The molecule has 1 fully saturated rings. The molecule has 5 nitrogen and oxygen atoms in total. The highest BCUT2D eigenvalue weighted by molar-refractivity contribution is 7.99. The minimum absolute atomic E-state index is 0.0148. The first-order valence-electron chi connectivity index (χ1n) is 7.20. The number of aromatic nitrogens is 2. The van der Waals surface area contributed by atoms with Crippen molar-refractivity contribution in [3.05, 3.63) is 18.0 Å². The van der Waals surface area contributed by atoms with Crippen LogP contribution in [0.4, 0.5) is 4.79 Å². The Kier molecular flexibility index (Phi) is 5.34. The van der Waals surface area contributed by atoms with Gasteiger partial charge in [0.2, 0.25) is 0 Å². The van der Waals surface area contributed by atoms with E-state index in [1.807, 2.05) is 37.0 Å². The van der Waals surface area contributed by atoms with Crippen molar-refractivity contribution in [3.63, 3.8) is 0 Å². The molecule has 0 bridgehead atoms. The summed E-state index contributed by atoms with van der Waals surface area (Å²) >= 11 is 2.02. The Morgan fingerprint density at radius 1 is 1.60 bits per heavy atom. The number of nitrogens with one attached hydrogen (secondary N) is 1. The summed E-state index contributed by atoms with van der Waals surface area (Å²) in [6.07, 6.45) is 7.17. The maximum atomic E-state index is 12.2. The second-order valence-corrected chi connectivity index (χ2v) is 6.91. The molecule has 2 amide bonds. The summed E-state index contributed by atoms with van der Waals surface area (Å²) in [5.74, 6) is 1.16. The Hall–Kier alpha value is -1.17. The molecule has 0 radical (unpaired) electrons. The minimum Gasteiger partial charge on any atom is -0.334 e. The second-order valence-electron chi connectivity index (χ2n) is 5.34. The number of hydrogen-bond acceptors (Lipinski definition) is 3. The molecule has 1 heterocycles. The number of aryl methyl sites for hydroxylation is 1. The molecule has 1 saturated carbocycles. The van der Waals surface area contributed by atoms with Gasteiger partial charge in [0.1, 0.15) is 0 Å². The molecule has 20 heavy (non-hydrogen) atoms. The Bertz CT molecular complexity index is 448. The summed E-state index contributed by atoms with van der Waals surface area (Å²) in [6.45, 7) is 2.74. The highest BCUT2D eigenvalue weighted by atomic mass is 32.2. The molecule has 0 aliphatic heterocycles. The average Bonchev–Trinajstić information content (AvgIpc) is 3.05. The van der Waals surface area contributed by atoms with Crippen LogP contribution in [0.5, 0.6) is 0 Å². The van der Waals surface area contributed by atoms with E-state index in [9.17, 15) is 4.79 Å². The van der Waals surface area contributed by atoms with Gasteiger partial charge in [-0.1, -0.05) is 6.92 Å². The van der Waals surface area contributed by atoms with Gasteiger partial charge in [-0.15, -0.1) is 0 Å². The molecule has 1 aliphatic rings. The molecule has 6 heteroatoms. The standard InChI is InChI=1S/C14H24N4OS/c1-4-20-13-6-5-12(7-13)18(3)14(19)15-8-11-9-16-17(2)10-11/h9-10,12-13H,4-8H2,1-3H3,(H,15,19). The second kappa shape index (κ2) is 7.02. The van der Waals surface area contributed by atoms with Crippen LogP contribution in [0.2, 0.25) is 0 Å². The lowest BCUT2D eigenvalue weighted by Crippen LogP contribution is -2.42. The predicted molar refractivity (Wildman–Crippen MR) is 82.8 cm³/mol. The summed E-state index contributed by atoms with van der Waals surface area (Å²) in [7, 11) is 3.78. The molecule has 0 spiro atoms. The fourth-order valence-electron chi connectivity index (χ4n) is 2.69. The van der Waals surface area contributed by atoms with Crippen LogP contribution in [-0.4, -0.2) is 44.8 Å². The largest absolute Gasteiger partial charge is 0.334 e. The van der Waals surface area contributed by atoms with Crippen molar-refractivity contribution in [1.82, 2.24) is 20.0 Å². The predicted octanol–water partition coefficient (Wildman–Crippen LogP) is 2.24. The third-order valence-electron chi connectivity index (χ3n) is 3.83. The number of thioether (sulfide) groups is 1. The lowest BCUT2D eigenvalue weighted by Gasteiger charge is -2.24. The summed E-state index contributed by atoms with van der Waals surface area (Å²) in [5, 5.41) is 7.78. The highest BCUT2D eigenvalue weighted by Gasteiger charge is 2.29. The Morgan fingerprint density at radius 2 is 2.40 bits per heavy atom. The average molecular weight is 296 g/mol. The number of hydrogen-bond donors (Lipinski definition) is 1. The van der Waals surface area contributed by atoms with E-state index < -0.39 is 0 Å². The van der Waals surface area contributed by atoms with Gasteiger partial charge >= 0.3 is 6.03 Å². The van der Waals surface area contributed by atoms with Crippen molar-refractivity contribution in [2.75, 3.05) is 12.8 Å². The zero-order valence-corrected chi connectivity index (χ0v) is 13.3. The van der Waals surface area contributed by atoms with Gasteiger partial charge in [-0.2, -0.15) is 16.9 Å². The van der Waals surface area contributed by atoms with Gasteiger partial charge in [0.05, 0.1) is 6.20 Å². The first kappa shape index (κ1) is 15.2. The van der Waals surface area contributed by atoms with Crippen molar-refractivity contribution in [2.24, 2.45) is 7.05 Å². The summed E-state index contributed by atoms with van der Waals surface area (Å²) in [6, 6.07) is 0.397. The van der Waals surface area contributed by atoms with Crippen molar-refractivity contribution in [1.29, 1.82) is 0 Å². The fraction of sp³-hybridized carbons (Fsp3) is 0.714. The van der Waals surface area contributed by atoms with Crippen LogP contribution in [0.3, 0.4) is 0 Å². The number of carbonyl (C=O) groups excluding carboxylic acids is 1. The van der Waals surface area contributed by atoms with E-state index >= 15 is 0 Å². The molecule has 1 aromatic rings. The van der Waals surface area contributed by atoms with Crippen molar-refractivity contribution < 1.29 is 4.79 Å². The van der Waals surface area contributed by atoms with Gasteiger partial charge in [0, 0.05) is 43.7 Å². The van der Waals surface area contributed by atoms with E-state index in [1.165, 1.54) is 6.42 Å². The maximum absolute atomic E-state index is 12.2. The molecular weight excluding hydrogens is 272 g/mol. The Morgan fingerprint density at radius 3 is 3.05 bits per heavy atom. The van der Waals surface area contributed by atoms with E-state index in [-0.39, 0.29) is 6.03 Å². The van der Waals surface area contributed by atoms with Gasteiger partial charge in [-0.3, -0.25) is 4.68 Å². The Balaban J connectivity index is 1.77. The van der Waals surface area contributed by atoms with E-state index in [0.29, 0.717) is 12.6 Å². The first-order valence-corrected chi connectivity index (χ1v) is 8.24. The van der Waals surface area contributed by atoms with Crippen molar-refractivity contribution in [3.8, 4) is 0 Å². The topological polar surface area (TPSA) is 50.2 Å². The molecule has 112 valence electrons. The van der Waals surface area contributed by atoms with E-state index in [2.05, 4.69) is 17.3 Å². The third kappa shape index (κ3) is 3.91. The molecule has 2 unspecified atom stereocenters. The smallest absolute Gasteiger partial charge is 0.317 e. The molecule has 1 aliphatic carbocycles. The van der Waals surface area contributed by atoms with E-state index in [0.717, 1.165) is 29.4 Å². The molecule has 1 aromatic heterocycles. The minimum atomic E-state index is 0.0148. The van der Waals surface area contributed by atoms with Gasteiger partial charge in [-0.05, 0) is 25.0 Å². The number of carbonyl (C=O) groups is 1. The fourth-order valence-corrected chi connectivity index (χ4v) is 3.82. The Labute approximate surface area is 125 Å². The van der Waals surface area contributed by atoms with Gasteiger partial charge in [-0.25, -0.2) is 4.79 Å². The number of nitrogens with zero attached hydrogens (tertiary/aromatic N) is 3. The summed E-state index contributed by atoms with van der Waals surface area (Å²) in [5.41, 5.74) is 1.03. The zero-order chi connectivity index (χ0) is 14.5. The van der Waals surface area contributed by atoms with Crippen LogP contribution in [0.15, 0.2) is 12.4 Å². The number of amides is 2. The van der Waals surface area contributed by atoms with Crippen molar-refractivity contribution in [2.45, 2.75) is 44.0 Å². The maximum Gasteiger partial charge on any atom is 0.317 e. The number of rotatable bonds is 5. The van der Waals surface area contributed by atoms with Crippen molar-refractivity contribution >= 4 is 17.8 Å². The molecule has 2 rings (SSSR count). The zero-order valence-electron chi connectivity index (χ0n) is 12.5. The lowest BCUT2D eigenvalue weighted by molar-refractivity contribution is 0.190. The molecular formula is C14H24N4OS. The SMILES string of the molecule is CCSC1CCC(N(C)C(=O)NCc2cnn(C)c2)C1. The third-order valence-corrected chi connectivity index (χ3v) is 5.06. The monoisotopic (exact) mass is 296 g/mol. The van der Waals surface area contributed by atoms with Crippen LogP contribution in [0.1, 0.15) is 31.7 Å². The molecule has 2 atom stereocenters. The van der Waals surface area contributed by atoms with Crippen LogP contribution in [0, 0.1) is 0 Å². The lowest BCUT2D eigenvalue weighted by atomic mass is 10.2. The van der Waals surface area contributed by atoms with Crippen LogP contribution < -0.4 is 5.32 Å². The molecule has 0 saturated heterocycles. The van der Waals surface area contributed by atoms with Gasteiger partial charge in [0.25, 0.3) is 0 Å². The van der Waals surface area contributed by atoms with Crippen LogP contribution in [-0.2, 0) is 13.6 Å². The van der Waals surface area contributed by atoms with Crippen LogP contribution >= 0.6 is 11.8 Å². The van der Waals surface area contributed by atoms with Gasteiger partial charge < -0.3 is 10.2 Å². The normalized spacial score (nSPS) is 21.9. The summed E-state index contributed by atoms with van der Waals surface area (Å²) < 4.78 is 1.74. The van der Waals surface area contributed by atoms with E-state index in [4.69, 9.17) is 0 Å². The molecule has 0 aromatic carbocycles.